The van der Waals surface area contributed by atoms with Crippen molar-refractivity contribution < 1.29 is 9.63 Å². The minimum Gasteiger partial charge on any atom is -0.382 e. The van der Waals surface area contributed by atoms with E-state index in [0.29, 0.717) is 6.42 Å². The van der Waals surface area contributed by atoms with Gasteiger partial charge in [-0.15, -0.1) is 6.42 Å². The Kier molecular flexibility index (Phi) is 3.41. The van der Waals surface area contributed by atoms with E-state index in [1.54, 1.807) is 0 Å². The van der Waals surface area contributed by atoms with Crippen molar-refractivity contribution in [3.63, 3.8) is 0 Å². The molecule has 0 bridgehead atoms. The second-order valence-electron chi connectivity index (χ2n) is 3.62. The summed E-state index contributed by atoms with van der Waals surface area (Å²) in [5.41, 5.74) is 1.76. The van der Waals surface area contributed by atoms with Gasteiger partial charge >= 0.3 is 0 Å². The molecule has 0 saturated heterocycles. The lowest BCUT2D eigenvalue weighted by atomic mass is 10.0. The highest BCUT2D eigenvalue weighted by molar-refractivity contribution is 6.04. The summed E-state index contributed by atoms with van der Waals surface area (Å²) in [7, 11) is 0. The summed E-state index contributed by atoms with van der Waals surface area (Å²) in [5, 5.41) is 6.49. The molecule has 0 aliphatic carbocycles. The topological polar surface area (TPSA) is 50.7 Å². The molecule has 1 aromatic carbocycles. The summed E-state index contributed by atoms with van der Waals surface area (Å²) in [5.74, 6) is 2.12. The minimum atomic E-state index is -0.571. The fraction of sp³-hybridized carbons (Fsp3) is 0.231. The molecule has 0 unspecified atom stereocenters. The maximum Gasteiger partial charge on any atom is 0.265 e. The van der Waals surface area contributed by atoms with Crippen LogP contribution in [0.1, 0.15) is 12.0 Å². The van der Waals surface area contributed by atoms with Gasteiger partial charge in [0, 0.05) is 6.42 Å². The molecule has 0 aromatic heterocycles. The molecular weight excluding hydrogens is 216 g/mol. The molecule has 1 heterocycles. The summed E-state index contributed by atoms with van der Waals surface area (Å²) < 4.78 is 0. The molecule has 4 heteroatoms. The normalized spacial score (nSPS) is 17.8. The van der Waals surface area contributed by atoms with Gasteiger partial charge in [0.2, 0.25) is 6.10 Å². The van der Waals surface area contributed by atoms with Gasteiger partial charge in [0.15, 0.2) is 0 Å². The molecule has 1 aromatic rings. The van der Waals surface area contributed by atoms with Gasteiger partial charge in [-0.2, -0.15) is 0 Å². The molecule has 2 rings (SSSR count). The van der Waals surface area contributed by atoms with E-state index in [1.165, 1.54) is 0 Å². The van der Waals surface area contributed by atoms with Crippen LogP contribution in [0.25, 0.3) is 0 Å². The van der Waals surface area contributed by atoms with Crippen molar-refractivity contribution in [2.45, 2.75) is 12.5 Å². The fourth-order valence-corrected chi connectivity index (χ4v) is 1.57. The molecule has 17 heavy (non-hydrogen) atoms. The number of carbonyl (C=O) groups excluding carboxylic acids is 1. The number of oxime groups is 1. The van der Waals surface area contributed by atoms with Crippen LogP contribution >= 0.6 is 0 Å². The number of nitrogens with zero attached hydrogens (tertiary/aromatic N) is 1. The van der Waals surface area contributed by atoms with Gasteiger partial charge in [0.25, 0.3) is 5.91 Å². The molecule has 0 fully saturated rings. The molecule has 1 N–H and O–H groups in total. The van der Waals surface area contributed by atoms with Gasteiger partial charge in [-0.25, -0.2) is 0 Å². The first kappa shape index (κ1) is 11.2. The molecule has 0 spiro atoms. The largest absolute Gasteiger partial charge is 0.382 e. The van der Waals surface area contributed by atoms with Crippen LogP contribution in [0.4, 0.5) is 0 Å². The van der Waals surface area contributed by atoms with E-state index in [4.69, 9.17) is 11.3 Å². The Balaban J connectivity index is 1.96. The average Bonchev–Trinajstić information content (AvgIpc) is 2.86. The lowest BCUT2D eigenvalue weighted by Gasteiger charge is -2.06. The minimum absolute atomic E-state index is 0.208. The first-order valence-electron chi connectivity index (χ1n) is 5.30. The number of carbonyl (C=O) groups is 1. The lowest BCUT2D eigenvalue weighted by molar-refractivity contribution is -0.130. The molecule has 0 saturated carbocycles. The molecular formula is C13H12N2O2. The number of amides is 1. The Morgan fingerprint density at radius 2 is 2.29 bits per heavy atom. The predicted molar refractivity (Wildman–Crippen MR) is 64.3 cm³/mol. The first-order valence-corrected chi connectivity index (χ1v) is 5.30. The Hall–Kier alpha value is -2.28. The van der Waals surface area contributed by atoms with Crippen molar-refractivity contribution in [1.29, 1.82) is 0 Å². The zero-order chi connectivity index (χ0) is 12.1. The van der Waals surface area contributed by atoms with Crippen LogP contribution in [0.3, 0.4) is 0 Å². The number of nitrogens with one attached hydrogen (secondary N) is 1. The van der Waals surface area contributed by atoms with E-state index in [9.17, 15) is 4.79 Å². The highest BCUT2D eigenvalue weighted by atomic mass is 16.6. The highest BCUT2D eigenvalue weighted by Gasteiger charge is 2.28. The second-order valence-corrected chi connectivity index (χ2v) is 3.62. The van der Waals surface area contributed by atoms with Gasteiger partial charge in [-0.1, -0.05) is 41.4 Å². The standard InChI is InChI=1S/C13H12N2O2/c1-2-8-14-13(16)12-9-11(15-17-12)10-6-4-3-5-7-10/h1,3-7,12H,8-9H2,(H,14,16)/t12-/m1/s1. The molecule has 86 valence electrons. The third-order valence-electron chi connectivity index (χ3n) is 2.43. The van der Waals surface area contributed by atoms with Crippen LogP contribution in [-0.4, -0.2) is 24.3 Å². The average molecular weight is 228 g/mol. The monoisotopic (exact) mass is 228 g/mol. The maximum absolute atomic E-state index is 11.6. The van der Waals surface area contributed by atoms with Crippen LogP contribution in [0.5, 0.6) is 0 Å². The molecule has 1 atom stereocenters. The van der Waals surface area contributed by atoms with Crippen LogP contribution in [0, 0.1) is 12.3 Å². The van der Waals surface area contributed by atoms with Crippen molar-refractivity contribution in [1.82, 2.24) is 5.32 Å². The van der Waals surface area contributed by atoms with Crippen molar-refractivity contribution >= 4 is 11.6 Å². The third kappa shape index (κ3) is 2.64. The predicted octanol–water partition coefficient (Wildman–Crippen LogP) is 0.929. The van der Waals surface area contributed by atoms with Crippen molar-refractivity contribution in [3.8, 4) is 12.3 Å². The Morgan fingerprint density at radius 1 is 1.53 bits per heavy atom. The Morgan fingerprint density at radius 3 is 3.00 bits per heavy atom. The van der Waals surface area contributed by atoms with E-state index < -0.39 is 6.10 Å². The van der Waals surface area contributed by atoms with Crippen LogP contribution in [0.2, 0.25) is 0 Å². The Labute approximate surface area is 99.7 Å². The van der Waals surface area contributed by atoms with Gasteiger partial charge < -0.3 is 10.2 Å². The van der Waals surface area contributed by atoms with Crippen molar-refractivity contribution in [2.75, 3.05) is 6.54 Å². The quantitative estimate of drug-likeness (QED) is 0.782. The summed E-state index contributed by atoms with van der Waals surface area (Å²) in [6.07, 6.45) is 4.96. The van der Waals surface area contributed by atoms with Gasteiger partial charge in [0.1, 0.15) is 0 Å². The molecule has 4 nitrogen and oxygen atoms in total. The summed E-state index contributed by atoms with van der Waals surface area (Å²) in [6.45, 7) is 0.208. The number of rotatable bonds is 3. The second kappa shape index (κ2) is 5.17. The van der Waals surface area contributed by atoms with Crippen LogP contribution < -0.4 is 5.32 Å². The van der Waals surface area contributed by atoms with E-state index in [0.717, 1.165) is 11.3 Å². The zero-order valence-electron chi connectivity index (χ0n) is 9.22. The summed E-state index contributed by atoms with van der Waals surface area (Å²) in [4.78, 5) is 16.7. The van der Waals surface area contributed by atoms with Gasteiger partial charge in [-0.3, -0.25) is 4.79 Å². The van der Waals surface area contributed by atoms with E-state index in [2.05, 4.69) is 16.4 Å². The van der Waals surface area contributed by atoms with Crippen LogP contribution in [0.15, 0.2) is 35.5 Å². The number of hydrogen-bond acceptors (Lipinski definition) is 3. The summed E-state index contributed by atoms with van der Waals surface area (Å²) in [6, 6.07) is 9.64. The number of benzene rings is 1. The van der Waals surface area contributed by atoms with Crippen molar-refractivity contribution in [3.05, 3.63) is 35.9 Å². The first-order chi connectivity index (χ1) is 8.31. The lowest BCUT2D eigenvalue weighted by Crippen LogP contribution is -2.34. The smallest absolute Gasteiger partial charge is 0.265 e. The van der Waals surface area contributed by atoms with E-state index in [1.807, 2.05) is 30.3 Å². The molecule has 0 radical (unpaired) electrons. The third-order valence-corrected chi connectivity index (χ3v) is 2.43. The van der Waals surface area contributed by atoms with Gasteiger partial charge in [0.05, 0.1) is 12.3 Å². The van der Waals surface area contributed by atoms with Crippen molar-refractivity contribution in [2.24, 2.45) is 5.16 Å². The Bertz CT molecular complexity index is 474. The SMILES string of the molecule is C#CCNC(=O)[C@H]1CC(c2ccccc2)=NO1. The number of terminal acetylenes is 1. The van der Waals surface area contributed by atoms with E-state index >= 15 is 0 Å². The van der Waals surface area contributed by atoms with Crippen LogP contribution in [-0.2, 0) is 9.63 Å². The fourth-order valence-electron chi connectivity index (χ4n) is 1.57. The molecule has 1 amide bonds. The highest BCUT2D eigenvalue weighted by Crippen LogP contribution is 2.16. The van der Waals surface area contributed by atoms with Gasteiger partial charge in [-0.05, 0) is 5.56 Å². The molecule has 1 aliphatic rings. The summed E-state index contributed by atoms with van der Waals surface area (Å²) >= 11 is 0. The molecule has 1 aliphatic heterocycles. The maximum atomic E-state index is 11.6. The number of hydrogen-bond donors (Lipinski definition) is 1. The zero-order valence-corrected chi connectivity index (χ0v) is 9.22. The van der Waals surface area contributed by atoms with E-state index in [-0.39, 0.29) is 12.5 Å².